The third-order valence-electron chi connectivity index (χ3n) is 6.29. The molecule has 0 spiro atoms. The van der Waals surface area contributed by atoms with Crippen molar-refractivity contribution in [3.05, 3.63) is 62.4 Å². The van der Waals surface area contributed by atoms with Crippen molar-refractivity contribution < 1.29 is 23.1 Å². The molecule has 186 valence electrons. The van der Waals surface area contributed by atoms with Gasteiger partial charge in [0.1, 0.15) is 23.7 Å². The van der Waals surface area contributed by atoms with E-state index in [4.69, 9.17) is 18.3 Å². The second-order valence-electron chi connectivity index (χ2n) is 9.96. The third kappa shape index (κ3) is 6.87. The van der Waals surface area contributed by atoms with Crippen LogP contribution in [0.5, 0.6) is 5.75 Å². The summed E-state index contributed by atoms with van der Waals surface area (Å²) in [5.41, 5.74) is 2.95. The zero-order chi connectivity index (χ0) is 25.8. The number of furan rings is 1. The molecule has 0 atom stereocenters. The second kappa shape index (κ2) is 11.1. The van der Waals surface area contributed by atoms with Crippen LogP contribution < -0.4 is 4.74 Å². The van der Waals surface area contributed by atoms with Crippen molar-refractivity contribution >= 4 is 47.8 Å². The Morgan fingerprint density at radius 1 is 1.14 bits per heavy atom. The normalized spacial score (nSPS) is 11.9. The van der Waals surface area contributed by atoms with Gasteiger partial charge < -0.3 is 18.3 Å². The monoisotopic (exact) mass is 605 g/mol. The van der Waals surface area contributed by atoms with Crippen LogP contribution in [0.25, 0.3) is 11.0 Å². The fourth-order valence-electron chi connectivity index (χ4n) is 3.28. The minimum Gasteiger partial charge on any atom is -0.489 e. The summed E-state index contributed by atoms with van der Waals surface area (Å²) in [6, 6.07) is 13.3. The molecule has 0 fully saturated rings. The molecule has 1 aromatic heterocycles. The molecule has 8 heteroatoms. The van der Waals surface area contributed by atoms with Crippen molar-refractivity contribution in [2.75, 3.05) is 6.61 Å². The Bertz CT molecular complexity index is 1250. The SMILES string of the molecule is CCOC(=O)Cc1ccc(C#N)cc1OCc1cc(I)c2oc(CO[Si](C)(C)C(C)(C)C)cc2c1. The molecule has 0 aliphatic carbocycles. The summed E-state index contributed by atoms with van der Waals surface area (Å²) in [4.78, 5) is 12.0. The molecular formula is C27H32INO5Si. The minimum atomic E-state index is -1.88. The number of rotatable bonds is 9. The van der Waals surface area contributed by atoms with Gasteiger partial charge in [-0.3, -0.25) is 4.79 Å². The molecule has 0 radical (unpaired) electrons. The van der Waals surface area contributed by atoms with Gasteiger partial charge in [-0.05, 0) is 83.5 Å². The molecule has 1 heterocycles. The van der Waals surface area contributed by atoms with Gasteiger partial charge in [0.25, 0.3) is 0 Å². The van der Waals surface area contributed by atoms with Crippen LogP contribution in [0.4, 0.5) is 0 Å². The number of carbonyl (C=O) groups excluding carboxylic acids is 1. The van der Waals surface area contributed by atoms with Crippen LogP contribution in [0, 0.1) is 14.9 Å². The molecule has 3 aromatic rings. The first-order valence-electron chi connectivity index (χ1n) is 11.6. The highest BCUT2D eigenvalue weighted by Gasteiger charge is 2.37. The number of halogens is 1. The largest absolute Gasteiger partial charge is 0.489 e. The number of benzene rings is 2. The Kier molecular flexibility index (Phi) is 8.67. The number of fused-ring (bicyclic) bond motifs is 1. The van der Waals surface area contributed by atoms with Crippen molar-refractivity contribution in [1.29, 1.82) is 5.26 Å². The van der Waals surface area contributed by atoms with Gasteiger partial charge in [0, 0.05) is 10.9 Å². The van der Waals surface area contributed by atoms with Crippen LogP contribution in [-0.4, -0.2) is 20.9 Å². The van der Waals surface area contributed by atoms with E-state index in [1.807, 2.05) is 18.2 Å². The summed E-state index contributed by atoms with van der Waals surface area (Å²) in [6.07, 6.45) is 0.0881. The zero-order valence-electron chi connectivity index (χ0n) is 21.2. The lowest BCUT2D eigenvalue weighted by atomic mass is 10.1. The highest BCUT2D eigenvalue weighted by molar-refractivity contribution is 14.1. The van der Waals surface area contributed by atoms with Gasteiger partial charge in [0.05, 0.1) is 34.8 Å². The van der Waals surface area contributed by atoms with Crippen LogP contribution in [-0.2, 0) is 33.6 Å². The van der Waals surface area contributed by atoms with Gasteiger partial charge in [-0.25, -0.2) is 0 Å². The van der Waals surface area contributed by atoms with Crippen LogP contribution in [0.2, 0.25) is 18.1 Å². The number of ether oxygens (including phenoxy) is 2. The maximum absolute atomic E-state index is 12.0. The van der Waals surface area contributed by atoms with E-state index in [0.717, 1.165) is 25.9 Å². The van der Waals surface area contributed by atoms with Gasteiger partial charge >= 0.3 is 5.97 Å². The van der Waals surface area contributed by atoms with E-state index in [9.17, 15) is 10.1 Å². The lowest BCUT2D eigenvalue weighted by Crippen LogP contribution is -2.40. The first kappa shape index (κ1) is 27.2. The Morgan fingerprint density at radius 2 is 1.89 bits per heavy atom. The van der Waals surface area contributed by atoms with Gasteiger partial charge in [-0.15, -0.1) is 0 Å². The molecule has 0 N–H and O–H groups in total. The maximum atomic E-state index is 12.0. The Morgan fingerprint density at radius 3 is 2.54 bits per heavy atom. The van der Waals surface area contributed by atoms with E-state index in [-0.39, 0.29) is 24.0 Å². The number of esters is 1. The van der Waals surface area contributed by atoms with Crippen LogP contribution in [0.15, 0.2) is 40.8 Å². The Balaban J connectivity index is 1.78. The first-order chi connectivity index (χ1) is 16.4. The lowest BCUT2D eigenvalue weighted by molar-refractivity contribution is -0.142. The molecule has 0 aliphatic rings. The molecule has 0 saturated carbocycles. The average Bonchev–Trinajstić information content (AvgIpc) is 3.20. The van der Waals surface area contributed by atoms with Crippen LogP contribution in [0.1, 0.15) is 50.1 Å². The fraction of sp³-hybridized carbons (Fsp3) is 0.407. The van der Waals surface area contributed by atoms with Crippen LogP contribution in [0.3, 0.4) is 0 Å². The number of nitriles is 1. The fourth-order valence-corrected chi connectivity index (χ4v) is 5.04. The molecular weight excluding hydrogens is 573 g/mol. The molecule has 3 rings (SSSR count). The van der Waals surface area contributed by atoms with E-state index >= 15 is 0 Å². The van der Waals surface area contributed by atoms with E-state index in [2.05, 4.69) is 62.5 Å². The summed E-state index contributed by atoms with van der Waals surface area (Å²) in [7, 11) is -1.88. The summed E-state index contributed by atoms with van der Waals surface area (Å²) in [6.45, 7) is 13.9. The van der Waals surface area contributed by atoms with Gasteiger partial charge in [-0.2, -0.15) is 5.26 Å². The highest BCUT2D eigenvalue weighted by atomic mass is 127. The zero-order valence-corrected chi connectivity index (χ0v) is 24.3. The molecule has 0 bridgehead atoms. The number of hydrogen-bond acceptors (Lipinski definition) is 6. The van der Waals surface area contributed by atoms with Gasteiger partial charge in [-0.1, -0.05) is 26.8 Å². The van der Waals surface area contributed by atoms with Crippen molar-refractivity contribution in [2.24, 2.45) is 0 Å². The van der Waals surface area contributed by atoms with E-state index in [1.54, 1.807) is 25.1 Å². The maximum Gasteiger partial charge on any atom is 0.310 e. The smallest absolute Gasteiger partial charge is 0.310 e. The molecule has 35 heavy (non-hydrogen) atoms. The predicted octanol–water partition coefficient (Wildman–Crippen LogP) is 7.12. The van der Waals surface area contributed by atoms with Crippen LogP contribution >= 0.6 is 22.6 Å². The van der Waals surface area contributed by atoms with Gasteiger partial charge in [0.2, 0.25) is 0 Å². The molecule has 0 saturated heterocycles. The van der Waals surface area contributed by atoms with Gasteiger partial charge in [0.15, 0.2) is 8.32 Å². The summed E-state index contributed by atoms with van der Waals surface area (Å²) >= 11 is 2.27. The molecule has 6 nitrogen and oxygen atoms in total. The van der Waals surface area contributed by atoms with Crippen molar-refractivity contribution in [2.45, 2.75) is 65.5 Å². The Hall–Kier alpha value is -2.35. The predicted molar refractivity (Wildman–Crippen MR) is 147 cm³/mol. The summed E-state index contributed by atoms with van der Waals surface area (Å²) in [5, 5.41) is 10.4. The number of nitrogens with zero attached hydrogens (tertiary/aromatic N) is 1. The molecule has 2 aromatic carbocycles. The summed E-state index contributed by atoms with van der Waals surface area (Å²) < 4.78 is 24.5. The van der Waals surface area contributed by atoms with Crippen molar-refractivity contribution in [1.82, 2.24) is 0 Å². The molecule has 0 amide bonds. The molecule has 0 aliphatic heterocycles. The minimum absolute atomic E-state index is 0.0881. The third-order valence-corrected chi connectivity index (χ3v) is 11.6. The quantitative estimate of drug-likeness (QED) is 0.147. The van der Waals surface area contributed by atoms with Crippen molar-refractivity contribution in [3.8, 4) is 11.8 Å². The average molecular weight is 606 g/mol. The standard InChI is InChI=1S/C27H32INO5Si/c1-7-31-25(30)14-20-9-8-18(15-29)12-24(20)32-16-19-10-21-13-22(34-26(21)23(28)11-19)17-33-35(5,6)27(2,3)4/h8-13H,7,14,16-17H2,1-6H3. The van der Waals surface area contributed by atoms with E-state index < -0.39 is 8.32 Å². The van der Waals surface area contributed by atoms with Crippen molar-refractivity contribution in [3.63, 3.8) is 0 Å². The molecule has 0 unspecified atom stereocenters. The van der Waals surface area contributed by atoms with E-state index in [0.29, 0.717) is 30.1 Å². The van der Waals surface area contributed by atoms with E-state index in [1.165, 1.54) is 0 Å². The second-order valence-corrected chi connectivity index (χ2v) is 15.9. The highest BCUT2D eigenvalue weighted by Crippen LogP contribution is 2.37. The summed E-state index contributed by atoms with van der Waals surface area (Å²) in [5.74, 6) is 0.978. The number of hydrogen-bond donors (Lipinski definition) is 0. The Labute approximate surface area is 221 Å². The lowest BCUT2D eigenvalue weighted by Gasteiger charge is -2.35. The number of carbonyl (C=O) groups is 1. The first-order valence-corrected chi connectivity index (χ1v) is 15.6. The topological polar surface area (TPSA) is 81.7 Å².